The van der Waals surface area contributed by atoms with Crippen LogP contribution in [0.25, 0.3) is 0 Å². The number of rotatable bonds is 6. The third-order valence-corrected chi connectivity index (χ3v) is 7.37. The van der Waals surface area contributed by atoms with Crippen LogP contribution >= 0.6 is 23.4 Å². The van der Waals surface area contributed by atoms with Gasteiger partial charge in [0, 0.05) is 22.7 Å². The van der Waals surface area contributed by atoms with Crippen LogP contribution in [0.1, 0.15) is 24.5 Å². The van der Waals surface area contributed by atoms with Gasteiger partial charge in [-0.25, -0.2) is 9.89 Å². The van der Waals surface area contributed by atoms with E-state index in [1.54, 1.807) is 29.2 Å². The molecule has 6 nitrogen and oxygen atoms in total. The van der Waals surface area contributed by atoms with E-state index in [9.17, 15) is 9.59 Å². The van der Waals surface area contributed by atoms with E-state index in [0.717, 1.165) is 16.8 Å². The van der Waals surface area contributed by atoms with Crippen molar-refractivity contribution in [2.45, 2.75) is 31.1 Å². The molecule has 0 fully saturated rings. The predicted octanol–water partition coefficient (Wildman–Crippen LogP) is 5.69. The summed E-state index contributed by atoms with van der Waals surface area (Å²) in [4.78, 5) is 37.8. The topological polar surface area (TPSA) is 74.1 Å². The molecule has 0 aliphatic carbocycles. The van der Waals surface area contributed by atoms with Crippen LogP contribution in [0.15, 0.2) is 88.8 Å². The van der Waals surface area contributed by atoms with Gasteiger partial charge < -0.3 is 5.32 Å². The van der Waals surface area contributed by atoms with Crippen LogP contribution in [0.4, 0.5) is 11.4 Å². The minimum atomic E-state index is -0.537. The molecule has 0 unspecified atom stereocenters. The smallest absolute Gasteiger partial charge is 0.259 e. The zero-order valence-electron chi connectivity index (χ0n) is 19.0. The van der Waals surface area contributed by atoms with E-state index in [1.807, 2.05) is 61.5 Å². The standard InChI is InChI=1S/C27H23ClN4O2S/c1-2-23(25(33)29-19-12-8-11-18(28)16-19)35-27-31-21-14-7-6-13-20(21)24-30-22(26(34)32(24)27)15-17-9-4-3-5-10-17/h3-14,16,22-23H,2,15H2,1H3,(H,29,33)/t22-,23+/m1/s1. The number of amidine groups is 2. The molecule has 176 valence electrons. The number of para-hydroxylation sites is 1. The van der Waals surface area contributed by atoms with Crippen molar-refractivity contribution < 1.29 is 9.59 Å². The van der Waals surface area contributed by atoms with Gasteiger partial charge in [-0.1, -0.05) is 78.8 Å². The lowest BCUT2D eigenvalue weighted by atomic mass is 10.1. The Morgan fingerprint density at radius 1 is 1.09 bits per heavy atom. The average Bonchev–Trinajstić information content (AvgIpc) is 3.19. The summed E-state index contributed by atoms with van der Waals surface area (Å²) >= 11 is 7.34. The summed E-state index contributed by atoms with van der Waals surface area (Å²) < 4.78 is 0. The summed E-state index contributed by atoms with van der Waals surface area (Å²) in [6, 6.07) is 24.0. The number of nitrogens with one attached hydrogen (secondary N) is 1. The van der Waals surface area contributed by atoms with Gasteiger partial charge >= 0.3 is 0 Å². The maximum atomic E-state index is 13.5. The van der Waals surface area contributed by atoms with Crippen molar-refractivity contribution in [1.82, 2.24) is 4.90 Å². The summed E-state index contributed by atoms with van der Waals surface area (Å²) in [6.45, 7) is 1.94. The van der Waals surface area contributed by atoms with Gasteiger partial charge in [-0.3, -0.25) is 14.6 Å². The number of aliphatic imine (C=N–C) groups is 2. The van der Waals surface area contributed by atoms with Crippen LogP contribution in [-0.2, 0) is 16.0 Å². The number of thioether (sulfide) groups is 1. The zero-order chi connectivity index (χ0) is 24.4. The molecule has 3 aromatic carbocycles. The largest absolute Gasteiger partial charge is 0.325 e. The van der Waals surface area contributed by atoms with Crippen LogP contribution in [0.5, 0.6) is 0 Å². The summed E-state index contributed by atoms with van der Waals surface area (Å²) in [5.74, 6) is 0.288. The molecule has 1 N–H and O–H groups in total. The van der Waals surface area contributed by atoms with E-state index in [2.05, 4.69) is 5.32 Å². The van der Waals surface area contributed by atoms with Gasteiger partial charge in [-0.2, -0.15) is 0 Å². The quantitative estimate of drug-likeness (QED) is 0.470. The van der Waals surface area contributed by atoms with Gasteiger partial charge in [-0.15, -0.1) is 0 Å². The monoisotopic (exact) mass is 502 g/mol. The molecule has 2 aliphatic rings. The highest BCUT2D eigenvalue weighted by Gasteiger charge is 2.42. The first-order valence-corrected chi connectivity index (χ1v) is 12.7. The van der Waals surface area contributed by atoms with E-state index in [0.29, 0.717) is 34.6 Å². The van der Waals surface area contributed by atoms with Crippen LogP contribution < -0.4 is 5.32 Å². The Morgan fingerprint density at radius 3 is 2.63 bits per heavy atom. The molecule has 5 rings (SSSR count). The number of amides is 2. The molecule has 2 aliphatic heterocycles. The molecule has 35 heavy (non-hydrogen) atoms. The second-order valence-electron chi connectivity index (χ2n) is 8.26. The number of halogens is 1. The second kappa shape index (κ2) is 10.1. The molecule has 0 spiro atoms. The van der Waals surface area contributed by atoms with Crippen LogP contribution in [0, 0.1) is 0 Å². The highest BCUT2D eigenvalue weighted by molar-refractivity contribution is 8.15. The maximum absolute atomic E-state index is 13.5. The van der Waals surface area contributed by atoms with Gasteiger partial charge in [0.2, 0.25) is 5.91 Å². The summed E-state index contributed by atoms with van der Waals surface area (Å²) in [5, 5.41) is 3.48. The minimum absolute atomic E-state index is 0.130. The zero-order valence-corrected chi connectivity index (χ0v) is 20.6. The predicted molar refractivity (Wildman–Crippen MR) is 143 cm³/mol. The third kappa shape index (κ3) is 4.88. The van der Waals surface area contributed by atoms with Crippen molar-refractivity contribution in [2.75, 3.05) is 5.32 Å². The Labute approximate surface area is 213 Å². The number of benzene rings is 3. The molecular weight excluding hydrogens is 480 g/mol. The SMILES string of the molecule is CC[C@H](SC1=Nc2ccccc2C2=N[C@H](Cc3ccccc3)C(=O)N12)C(=O)Nc1cccc(Cl)c1. The van der Waals surface area contributed by atoms with Crippen LogP contribution in [0.2, 0.25) is 5.02 Å². The van der Waals surface area contributed by atoms with Crippen molar-refractivity contribution in [1.29, 1.82) is 0 Å². The Balaban J connectivity index is 1.42. The molecular formula is C27H23ClN4O2S. The number of anilines is 1. The lowest BCUT2D eigenvalue weighted by Crippen LogP contribution is -2.42. The molecule has 2 heterocycles. The Morgan fingerprint density at radius 2 is 1.86 bits per heavy atom. The van der Waals surface area contributed by atoms with Crippen molar-refractivity contribution >= 4 is 57.6 Å². The van der Waals surface area contributed by atoms with Gasteiger partial charge in [0.05, 0.1) is 10.9 Å². The number of hydrogen-bond acceptors (Lipinski definition) is 5. The van der Waals surface area contributed by atoms with Gasteiger partial charge in [0.1, 0.15) is 11.9 Å². The number of nitrogens with zero attached hydrogens (tertiary/aromatic N) is 3. The maximum Gasteiger partial charge on any atom is 0.259 e. The molecule has 2 atom stereocenters. The van der Waals surface area contributed by atoms with E-state index < -0.39 is 11.3 Å². The fourth-order valence-electron chi connectivity index (χ4n) is 4.09. The fourth-order valence-corrected chi connectivity index (χ4v) is 5.30. The summed E-state index contributed by atoms with van der Waals surface area (Å²) in [7, 11) is 0. The first-order valence-electron chi connectivity index (χ1n) is 11.4. The van der Waals surface area contributed by atoms with Crippen molar-refractivity contribution in [3.8, 4) is 0 Å². The Hall–Kier alpha value is -3.42. The number of carbonyl (C=O) groups is 2. The number of hydrogen-bond donors (Lipinski definition) is 1. The molecule has 2 amide bonds. The molecule has 0 aromatic heterocycles. The highest BCUT2D eigenvalue weighted by atomic mass is 35.5. The summed E-state index contributed by atoms with van der Waals surface area (Å²) in [5.41, 5.74) is 3.22. The van der Waals surface area contributed by atoms with Crippen LogP contribution in [0.3, 0.4) is 0 Å². The Kier molecular flexibility index (Phi) is 6.70. The third-order valence-electron chi connectivity index (χ3n) is 5.82. The molecule has 0 saturated carbocycles. The summed E-state index contributed by atoms with van der Waals surface area (Å²) in [6.07, 6.45) is 1.06. The fraction of sp³-hybridized carbons (Fsp3) is 0.185. The van der Waals surface area contributed by atoms with Gasteiger partial charge in [-0.05, 0) is 42.3 Å². The van der Waals surface area contributed by atoms with Crippen molar-refractivity contribution in [3.05, 3.63) is 95.0 Å². The Bertz CT molecular complexity index is 1340. The molecule has 0 radical (unpaired) electrons. The van der Waals surface area contributed by atoms with E-state index >= 15 is 0 Å². The first-order chi connectivity index (χ1) is 17.0. The number of carbonyl (C=O) groups excluding carboxylic acids is 2. The van der Waals surface area contributed by atoms with E-state index in [4.69, 9.17) is 21.6 Å². The lowest BCUT2D eigenvalue weighted by molar-refractivity contribution is -0.124. The number of fused-ring (bicyclic) bond motifs is 3. The normalized spacial score (nSPS) is 17.3. The first kappa shape index (κ1) is 23.3. The highest BCUT2D eigenvalue weighted by Crippen LogP contribution is 2.36. The average molecular weight is 503 g/mol. The minimum Gasteiger partial charge on any atom is -0.325 e. The van der Waals surface area contributed by atoms with Crippen LogP contribution in [-0.4, -0.2) is 39.0 Å². The molecule has 8 heteroatoms. The molecule has 0 bridgehead atoms. The van der Waals surface area contributed by atoms with Gasteiger partial charge in [0.25, 0.3) is 5.91 Å². The van der Waals surface area contributed by atoms with E-state index in [1.165, 1.54) is 11.8 Å². The van der Waals surface area contributed by atoms with Crippen molar-refractivity contribution in [3.63, 3.8) is 0 Å². The van der Waals surface area contributed by atoms with E-state index in [-0.39, 0.29) is 11.8 Å². The molecule has 3 aromatic rings. The van der Waals surface area contributed by atoms with Crippen molar-refractivity contribution in [2.24, 2.45) is 9.98 Å². The second-order valence-corrected chi connectivity index (χ2v) is 9.86. The lowest BCUT2D eigenvalue weighted by Gasteiger charge is -2.27. The molecule has 0 saturated heterocycles. The van der Waals surface area contributed by atoms with Gasteiger partial charge in [0.15, 0.2) is 5.17 Å².